The summed E-state index contributed by atoms with van der Waals surface area (Å²) in [5.74, 6) is 0.800. The van der Waals surface area contributed by atoms with Gasteiger partial charge in [-0.05, 0) is 80.5 Å². The maximum atomic E-state index is 13.9. The van der Waals surface area contributed by atoms with Crippen molar-refractivity contribution in [1.82, 2.24) is 10.6 Å². The molecule has 9 nitrogen and oxygen atoms in total. The molecule has 46 heavy (non-hydrogen) atoms. The van der Waals surface area contributed by atoms with Gasteiger partial charge in [0.05, 0.1) is 30.7 Å². The number of methoxy groups -OCH3 is 1. The smallest absolute Gasteiger partial charge is 0.251 e. The third-order valence-electron chi connectivity index (χ3n) is 9.29. The van der Waals surface area contributed by atoms with Crippen LogP contribution in [0.25, 0.3) is 0 Å². The number of benzene rings is 3. The molecule has 1 saturated carbocycles. The summed E-state index contributed by atoms with van der Waals surface area (Å²) in [6.07, 6.45) is 6.46. The van der Waals surface area contributed by atoms with Crippen molar-refractivity contribution in [3.8, 4) is 5.75 Å². The highest BCUT2D eigenvalue weighted by molar-refractivity contribution is 8.25. The molecule has 1 aliphatic heterocycles. The first-order valence-corrected chi connectivity index (χ1v) is 18.3. The van der Waals surface area contributed by atoms with Crippen LogP contribution in [0.2, 0.25) is 0 Å². The second-order valence-corrected chi connectivity index (χ2v) is 14.7. The fourth-order valence-corrected chi connectivity index (χ4v) is 8.46. The molecule has 10 heteroatoms. The van der Waals surface area contributed by atoms with E-state index in [0.717, 1.165) is 61.1 Å². The van der Waals surface area contributed by atoms with E-state index in [1.807, 2.05) is 55.5 Å². The number of ether oxygens (including phenoxy) is 1. The summed E-state index contributed by atoms with van der Waals surface area (Å²) < 4.78 is 28.8. The topological polar surface area (TPSA) is 126 Å². The zero-order valence-corrected chi connectivity index (χ0v) is 27.9. The number of hydrogen-bond acceptors (Lipinski definition) is 8. The summed E-state index contributed by atoms with van der Waals surface area (Å²) in [4.78, 5) is 13.9. The van der Waals surface area contributed by atoms with Gasteiger partial charge in [0.1, 0.15) is 5.75 Å². The first-order valence-electron chi connectivity index (χ1n) is 16.6. The molecule has 1 aliphatic carbocycles. The summed E-state index contributed by atoms with van der Waals surface area (Å²) in [7, 11) is -1.29. The number of aliphatic hydroxyl groups is 1. The molecule has 250 valence electrons. The van der Waals surface area contributed by atoms with Gasteiger partial charge in [0, 0.05) is 36.4 Å². The molecule has 6 N–H and O–H groups in total. The third-order valence-corrected chi connectivity index (χ3v) is 11.2. The molecule has 0 radical (unpaired) electrons. The van der Waals surface area contributed by atoms with Crippen LogP contribution < -0.4 is 25.0 Å². The van der Waals surface area contributed by atoms with Crippen molar-refractivity contribution in [3.05, 3.63) is 89.5 Å². The van der Waals surface area contributed by atoms with Crippen LogP contribution in [0.15, 0.2) is 72.8 Å². The average molecular weight is 651 g/mol. The van der Waals surface area contributed by atoms with Gasteiger partial charge in [0.15, 0.2) is 0 Å². The Kier molecular flexibility index (Phi) is 11.5. The predicted octanol–water partition coefficient (Wildman–Crippen LogP) is 6.54. The highest BCUT2D eigenvalue weighted by atomic mass is 32.3. The van der Waals surface area contributed by atoms with Gasteiger partial charge < -0.3 is 25.8 Å². The number of carbonyl (C=O) groups excluding carboxylic acids is 1. The fourth-order valence-electron chi connectivity index (χ4n) is 6.79. The number of hydrogen-bond donors (Lipinski definition) is 6. The van der Waals surface area contributed by atoms with E-state index in [0.29, 0.717) is 43.1 Å². The van der Waals surface area contributed by atoms with Gasteiger partial charge in [0.25, 0.3) is 5.91 Å². The van der Waals surface area contributed by atoms with Crippen LogP contribution in [-0.2, 0) is 12.0 Å². The van der Waals surface area contributed by atoms with Gasteiger partial charge in [-0.3, -0.25) is 18.2 Å². The standard InChI is InChI=1S/C36H50N4O5S/c1-3-37-30-22-28(23-31(25-30)40-19-10-11-20-46(40,43)44)35(42)39-33(21-27-13-6-4-7-14-27)34(41)26-38-36(17-8-5-9-18-36)29-15-12-16-32(24-29)45-2/h4,6-7,12-16,22-25,33-34,37-38,41,43-44H,3,5,8-11,17-21,26H2,1-2H3,(H,39,42). The largest absolute Gasteiger partial charge is 0.497 e. The van der Waals surface area contributed by atoms with Crippen LogP contribution in [0.3, 0.4) is 0 Å². The molecule has 3 aromatic rings. The minimum Gasteiger partial charge on any atom is -0.497 e. The fraction of sp³-hybridized carbons (Fsp3) is 0.472. The van der Waals surface area contributed by atoms with Crippen LogP contribution in [0, 0.1) is 0 Å². The van der Waals surface area contributed by atoms with E-state index >= 15 is 0 Å². The molecule has 0 bridgehead atoms. The lowest BCUT2D eigenvalue weighted by molar-refractivity contribution is 0.0789. The van der Waals surface area contributed by atoms with Crippen LogP contribution in [-0.4, -0.2) is 64.8 Å². The van der Waals surface area contributed by atoms with Crippen molar-refractivity contribution in [1.29, 1.82) is 0 Å². The van der Waals surface area contributed by atoms with Crippen LogP contribution in [0.4, 0.5) is 11.4 Å². The Balaban J connectivity index is 1.39. The lowest BCUT2D eigenvalue weighted by Crippen LogP contribution is -2.53. The number of carbonyl (C=O) groups is 1. The van der Waals surface area contributed by atoms with E-state index < -0.39 is 22.9 Å². The Morgan fingerprint density at radius 3 is 2.48 bits per heavy atom. The number of rotatable bonds is 13. The van der Waals surface area contributed by atoms with Crippen molar-refractivity contribution in [2.24, 2.45) is 0 Å². The van der Waals surface area contributed by atoms with Crippen molar-refractivity contribution >= 4 is 28.1 Å². The number of nitrogens with zero attached hydrogens (tertiary/aromatic N) is 1. The van der Waals surface area contributed by atoms with E-state index in [4.69, 9.17) is 4.74 Å². The molecule has 2 atom stereocenters. The van der Waals surface area contributed by atoms with Crippen molar-refractivity contribution < 1.29 is 23.7 Å². The molecule has 1 saturated heterocycles. The Labute approximate surface area is 275 Å². The number of amides is 1. The van der Waals surface area contributed by atoms with Gasteiger partial charge in [-0.25, -0.2) is 0 Å². The normalized spacial score (nSPS) is 19.5. The molecular weight excluding hydrogens is 600 g/mol. The number of aliphatic hydroxyl groups excluding tert-OH is 1. The van der Waals surface area contributed by atoms with E-state index in [1.165, 1.54) is 6.42 Å². The van der Waals surface area contributed by atoms with Crippen LogP contribution in [0.5, 0.6) is 5.75 Å². The van der Waals surface area contributed by atoms with E-state index in [2.05, 4.69) is 28.1 Å². The first kappa shape index (κ1) is 34.1. The van der Waals surface area contributed by atoms with Crippen LogP contribution in [0.1, 0.15) is 73.4 Å². The summed E-state index contributed by atoms with van der Waals surface area (Å²) in [6, 6.07) is 22.8. The minimum atomic E-state index is -2.96. The average Bonchev–Trinajstić information content (AvgIpc) is 3.07. The molecule has 5 rings (SSSR count). The van der Waals surface area contributed by atoms with Gasteiger partial charge in [-0.2, -0.15) is 0 Å². The van der Waals surface area contributed by atoms with Crippen molar-refractivity contribution in [2.75, 3.05) is 42.1 Å². The SMILES string of the molecule is CCNc1cc(C(=O)NC(Cc2ccccc2)C(O)CNC2(c3cccc(OC)c3)CCCCC2)cc(N2CCCCS2(O)O)c1. The second kappa shape index (κ2) is 15.5. The molecule has 0 spiro atoms. The molecule has 3 aromatic carbocycles. The quantitative estimate of drug-likeness (QED) is 0.123. The summed E-state index contributed by atoms with van der Waals surface area (Å²) in [5.41, 5.74) is 3.60. The zero-order valence-electron chi connectivity index (χ0n) is 27.1. The Hall–Kier alpha value is -3.28. The summed E-state index contributed by atoms with van der Waals surface area (Å²) in [5, 5.41) is 21.9. The maximum Gasteiger partial charge on any atom is 0.251 e. The van der Waals surface area contributed by atoms with E-state index in [1.54, 1.807) is 23.5 Å². The molecule has 0 aromatic heterocycles. The summed E-state index contributed by atoms with van der Waals surface area (Å²) >= 11 is 0. The lowest BCUT2D eigenvalue weighted by atomic mass is 9.76. The molecule has 2 unspecified atom stereocenters. The van der Waals surface area contributed by atoms with Crippen molar-refractivity contribution in [2.45, 2.75) is 76.0 Å². The molecule has 2 fully saturated rings. The zero-order chi connectivity index (χ0) is 32.6. The maximum absolute atomic E-state index is 13.9. The predicted molar refractivity (Wildman–Crippen MR) is 188 cm³/mol. The number of nitrogens with one attached hydrogen (secondary N) is 3. The van der Waals surface area contributed by atoms with Gasteiger partial charge >= 0.3 is 0 Å². The van der Waals surface area contributed by atoms with Crippen LogP contribution >= 0.6 is 10.8 Å². The monoisotopic (exact) mass is 650 g/mol. The highest BCUT2D eigenvalue weighted by Gasteiger charge is 2.35. The Bertz CT molecular complexity index is 1430. The Morgan fingerprint density at radius 2 is 1.76 bits per heavy atom. The first-order chi connectivity index (χ1) is 22.2. The number of anilines is 2. The molecule has 2 aliphatic rings. The Morgan fingerprint density at radius 1 is 0.978 bits per heavy atom. The third kappa shape index (κ3) is 8.35. The lowest BCUT2D eigenvalue weighted by Gasteiger charge is -2.47. The molecular formula is C36H50N4O5S. The minimum absolute atomic E-state index is 0.290. The van der Waals surface area contributed by atoms with Gasteiger partial charge in [-0.15, -0.1) is 10.8 Å². The second-order valence-electron chi connectivity index (χ2n) is 12.5. The molecule has 1 heterocycles. The van der Waals surface area contributed by atoms with E-state index in [9.17, 15) is 19.0 Å². The van der Waals surface area contributed by atoms with Crippen molar-refractivity contribution in [3.63, 3.8) is 0 Å². The van der Waals surface area contributed by atoms with Gasteiger partial charge in [-0.1, -0.05) is 61.7 Å². The van der Waals surface area contributed by atoms with E-state index in [-0.39, 0.29) is 11.4 Å². The summed E-state index contributed by atoms with van der Waals surface area (Å²) in [6.45, 7) is 3.43. The molecule has 1 amide bonds. The highest BCUT2D eigenvalue weighted by Crippen LogP contribution is 2.50. The van der Waals surface area contributed by atoms with Gasteiger partial charge in [0.2, 0.25) is 0 Å².